The maximum absolute atomic E-state index is 4.25. The number of benzene rings is 1. The molecule has 0 aliphatic rings. The van der Waals surface area contributed by atoms with Crippen molar-refractivity contribution >= 4 is 29.9 Å². The van der Waals surface area contributed by atoms with Crippen LogP contribution in [0, 0.1) is 0 Å². The highest BCUT2D eigenvalue weighted by Gasteiger charge is 2.02. The summed E-state index contributed by atoms with van der Waals surface area (Å²) in [6, 6.07) is 10.6. The number of rotatable bonds is 6. The molecule has 132 valence electrons. The van der Waals surface area contributed by atoms with Crippen LogP contribution in [-0.2, 0) is 26.7 Å². The Bertz CT molecular complexity index is 633. The van der Waals surface area contributed by atoms with Gasteiger partial charge in [-0.1, -0.05) is 24.3 Å². The molecule has 0 unspecified atom stereocenters. The van der Waals surface area contributed by atoms with Crippen LogP contribution < -0.4 is 10.6 Å². The predicted octanol–water partition coefficient (Wildman–Crippen LogP) is 1.96. The van der Waals surface area contributed by atoms with Gasteiger partial charge >= 0.3 is 0 Å². The number of aromatic nitrogens is 2. The smallest absolute Gasteiger partial charge is 0.191 e. The number of hydrogen-bond acceptors (Lipinski definition) is 3. The van der Waals surface area contributed by atoms with E-state index < -0.39 is 0 Å². The second-order valence-corrected chi connectivity index (χ2v) is 5.78. The molecule has 1 aromatic carbocycles. The molecule has 2 N–H and O–H groups in total. The molecule has 0 atom stereocenters. The molecule has 6 nitrogen and oxygen atoms in total. The number of nitrogens with zero attached hydrogens (tertiary/aromatic N) is 4. The van der Waals surface area contributed by atoms with Gasteiger partial charge in [0.05, 0.1) is 12.2 Å². The van der Waals surface area contributed by atoms with E-state index in [9.17, 15) is 0 Å². The first-order valence-electron chi connectivity index (χ1n) is 7.72. The van der Waals surface area contributed by atoms with Crippen molar-refractivity contribution in [3.05, 3.63) is 53.3 Å². The number of aliphatic imine (C=N–C) groups is 1. The molecular formula is C17H27IN6. The van der Waals surface area contributed by atoms with Crippen LogP contribution in [0.15, 0.2) is 41.5 Å². The zero-order chi connectivity index (χ0) is 16.7. The number of hydrogen-bond donors (Lipinski definition) is 2. The minimum Gasteiger partial charge on any atom is -0.352 e. The van der Waals surface area contributed by atoms with Crippen molar-refractivity contribution in [1.82, 2.24) is 25.3 Å². The number of nitrogens with one attached hydrogen (secondary N) is 2. The lowest BCUT2D eigenvalue weighted by Crippen LogP contribution is -2.36. The SMILES string of the molecule is CN=C(NCc1ccc(CN(C)C)cc1)NCc1ccnn1C.I. The number of aryl methyl sites for hydroxylation is 1. The Balaban J connectivity index is 0.00000288. The Hall–Kier alpha value is -1.61. The second-order valence-electron chi connectivity index (χ2n) is 5.78. The van der Waals surface area contributed by atoms with Crippen molar-refractivity contribution in [2.24, 2.45) is 12.0 Å². The molecule has 0 radical (unpaired) electrons. The zero-order valence-electron chi connectivity index (χ0n) is 14.8. The third kappa shape index (κ3) is 6.48. The van der Waals surface area contributed by atoms with Crippen LogP contribution in [0.5, 0.6) is 0 Å². The van der Waals surface area contributed by atoms with Gasteiger partial charge in [0.2, 0.25) is 0 Å². The summed E-state index contributed by atoms with van der Waals surface area (Å²) in [5, 5.41) is 10.8. The summed E-state index contributed by atoms with van der Waals surface area (Å²) < 4.78 is 1.85. The quantitative estimate of drug-likeness (QED) is 0.408. The van der Waals surface area contributed by atoms with Gasteiger partial charge in [0.15, 0.2) is 5.96 Å². The molecule has 24 heavy (non-hydrogen) atoms. The Labute approximate surface area is 161 Å². The van der Waals surface area contributed by atoms with Gasteiger partial charge in [0, 0.05) is 33.4 Å². The van der Waals surface area contributed by atoms with Gasteiger partial charge in [-0.05, 0) is 31.3 Å². The molecule has 0 saturated carbocycles. The second kappa shape index (κ2) is 10.3. The molecule has 0 aliphatic carbocycles. The molecule has 0 amide bonds. The van der Waals surface area contributed by atoms with Crippen LogP contribution in [0.2, 0.25) is 0 Å². The predicted molar refractivity (Wildman–Crippen MR) is 109 cm³/mol. The average molecular weight is 442 g/mol. The van der Waals surface area contributed by atoms with E-state index >= 15 is 0 Å². The van der Waals surface area contributed by atoms with E-state index in [0.29, 0.717) is 6.54 Å². The highest BCUT2D eigenvalue weighted by molar-refractivity contribution is 14.0. The third-order valence-corrected chi connectivity index (χ3v) is 3.56. The first-order valence-corrected chi connectivity index (χ1v) is 7.72. The fourth-order valence-corrected chi connectivity index (χ4v) is 2.28. The Kier molecular flexibility index (Phi) is 8.77. The zero-order valence-corrected chi connectivity index (χ0v) is 17.1. The lowest BCUT2D eigenvalue weighted by Gasteiger charge is -2.13. The van der Waals surface area contributed by atoms with Crippen LogP contribution in [0.25, 0.3) is 0 Å². The number of halogens is 1. The molecule has 0 aliphatic heterocycles. The molecule has 1 heterocycles. The largest absolute Gasteiger partial charge is 0.352 e. The summed E-state index contributed by atoms with van der Waals surface area (Å²) in [6.45, 7) is 2.40. The first kappa shape index (κ1) is 20.4. The van der Waals surface area contributed by atoms with E-state index in [2.05, 4.69) is 64.0 Å². The summed E-state index contributed by atoms with van der Waals surface area (Å²) in [5.74, 6) is 0.781. The van der Waals surface area contributed by atoms with Gasteiger partial charge in [-0.15, -0.1) is 24.0 Å². The molecule has 0 spiro atoms. The maximum Gasteiger partial charge on any atom is 0.191 e. The Morgan fingerprint density at radius 1 is 1.08 bits per heavy atom. The van der Waals surface area contributed by atoms with Crippen molar-refractivity contribution < 1.29 is 0 Å². The summed E-state index contributed by atoms with van der Waals surface area (Å²) in [6.07, 6.45) is 1.79. The van der Waals surface area contributed by atoms with Gasteiger partial charge in [0.25, 0.3) is 0 Å². The highest BCUT2D eigenvalue weighted by atomic mass is 127. The first-order chi connectivity index (χ1) is 11.1. The van der Waals surface area contributed by atoms with Crippen LogP contribution >= 0.6 is 24.0 Å². The minimum atomic E-state index is 0. The Morgan fingerprint density at radius 3 is 2.25 bits per heavy atom. The normalized spacial score (nSPS) is 11.3. The Morgan fingerprint density at radius 2 is 1.71 bits per heavy atom. The van der Waals surface area contributed by atoms with E-state index in [0.717, 1.165) is 24.7 Å². The molecule has 2 rings (SSSR count). The van der Waals surface area contributed by atoms with Gasteiger partial charge in [-0.3, -0.25) is 9.67 Å². The molecule has 7 heteroatoms. The summed E-state index contributed by atoms with van der Waals surface area (Å²) in [5.41, 5.74) is 3.66. The molecule has 1 aromatic heterocycles. The summed E-state index contributed by atoms with van der Waals surface area (Å²) in [4.78, 5) is 6.41. The van der Waals surface area contributed by atoms with Crippen LogP contribution in [-0.4, -0.2) is 41.8 Å². The van der Waals surface area contributed by atoms with Crippen molar-refractivity contribution in [2.75, 3.05) is 21.1 Å². The van der Waals surface area contributed by atoms with Gasteiger partial charge < -0.3 is 15.5 Å². The van der Waals surface area contributed by atoms with Crippen LogP contribution in [0.3, 0.4) is 0 Å². The van der Waals surface area contributed by atoms with E-state index in [-0.39, 0.29) is 24.0 Å². The fourth-order valence-electron chi connectivity index (χ4n) is 2.28. The molecule has 0 saturated heterocycles. The summed E-state index contributed by atoms with van der Waals surface area (Å²) in [7, 11) is 7.86. The van der Waals surface area contributed by atoms with E-state index in [4.69, 9.17) is 0 Å². The molecule has 0 fully saturated rings. The van der Waals surface area contributed by atoms with Gasteiger partial charge in [-0.25, -0.2) is 0 Å². The molecule has 0 bridgehead atoms. The van der Waals surface area contributed by atoms with Crippen molar-refractivity contribution in [1.29, 1.82) is 0 Å². The van der Waals surface area contributed by atoms with Crippen molar-refractivity contribution in [3.63, 3.8) is 0 Å². The molecule has 2 aromatic rings. The monoisotopic (exact) mass is 442 g/mol. The lowest BCUT2D eigenvalue weighted by molar-refractivity contribution is 0.402. The minimum absolute atomic E-state index is 0. The highest BCUT2D eigenvalue weighted by Crippen LogP contribution is 2.06. The third-order valence-electron chi connectivity index (χ3n) is 3.56. The molecular weight excluding hydrogens is 415 g/mol. The topological polar surface area (TPSA) is 57.5 Å². The van der Waals surface area contributed by atoms with Crippen LogP contribution in [0.1, 0.15) is 16.8 Å². The summed E-state index contributed by atoms with van der Waals surface area (Å²) >= 11 is 0. The van der Waals surface area contributed by atoms with Crippen molar-refractivity contribution in [3.8, 4) is 0 Å². The van der Waals surface area contributed by atoms with E-state index in [1.807, 2.05) is 17.8 Å². The van der Waals surface area contributed by atoms with Crippen LogP contribution in [0.4, 0.5) is 0 Å². The average Bonchev–Trinajstić information content (AvgIpc) is 2.94. The van der Waals surface area contributed by atoms with Crippen molar-refractivity contribution in [2.45, 2.75) is 19.6 Å². The van der Waals surface area contributed by atoms with Gasteiger partial charge in [-0.2, -0.15) is 5.10 Å². The fraction of sp³-hybridized carbons (Fsp3) is 0.412. The number of guanidine groups is 1. The standard InChI is InChI=1S/C17H26N6.HI/c1-18-17(20-12-16-9-10-21-23(16)4)19-11-14-5-7-15(8-6-14)13-22(2)3;/h5-10H,11-13H2,1-4H3,(H2,18,19,20);1H. The van der Waals surface area contributed by atoms with E-state index in [1.54, 1.807) is 13.2 Å². The van der Waals surface area contributed by atoms with E-state index in [1.165, 1.54) is 11.1 Å². The maximum atomic E-state index is 4.25. The van der Waals surface area contributed by atoms with Gasteiger partial charge in [0.1, 0.15) is 0 Å². The lowest BCUT2D eigenvalue weighted by atomic mass is 10.1.